The Morgan fingerprint density at radius 3 is 2.78 bits per heavy atom. The third-order valence-corrected chi connectivity index (χ3v) is 2.36. The number of carbonyl (C=O) groups is 2. The molecule has 0 saturated carbocycles. The van der Waals surface area contributed by atoms with Gasteiger partial charge in [-0.2, -0.15) is 0 Å². The Hall–Kier alpha value is -2.11. The van der Waals surface area contributed by atoms with Crippen molar-refractivity contribution in [2.24, 2.45) is 5.92 Å². The highest BCUT2D eigenvalue weighted by Gasteiger charge is 2.10. The standard InChI is InChI=1S/C12H17N3O3/c1-8(4-12(17)18)6-15-11(16)5-10-3-2-9(13)7-14-10/h2-3,7-8H,4-6,13H2,1H3,(H,15,16)(H,17,18). The molecule has 0 aromatic carbocycles. The number of amides is 1. The lowest BCUT2D eigenvalue weighted by molar-refractivity contribution is -0.138. The van der Waals surface area contributed by atoms with Crippen molar-refractivity contribution < 1.29 is 14.7 Å². The molecule has 0 bridgehead atoms. The summed E-state index contributed by atoms with van der Waals surface area (Å²) in [5, 5.41) is 11.3. The normalized spacial score (nSPS) is 11.8. The molecule has 1 amide bonds. The molecule has 18 heavy (non-hydrogen) atoms. The van der Waals surface area contributed by atoms with Gasteiger partial charge in [0.2, 0.25) is 5.91 Å². The van der Waals surface area contributed by atoms with Crippen LogP contribution >= 0.6 is 0 Å². The molecule has 1 heterocycles. The quantitative estimate of drug-likeness (QED) is 0.680. The average molecular weight is 251 g/mol. The van der Waals surface area contributed by atoms with E-state index in [4.69, 9.17) is 10.8 Å². The maximum absolute atomic E-state index is 11.6. The van der Waals surface area contributed by atoms with Gasteiger partial charge in [-0.3, -0.25) is 14.6 Å². The van der Waals surface area contributed by atoms with Gasteiger partial charge in [0, 0.05) is 18.7 Å². The number of carboxylic acid groups (broad SMARTS) is 1. The second-order valence-corrected chi connectivity index (χ2v) is 4.27. The molecule has 0 fully saturated rings. The van der Waals surface area contributed by atoms with E-state index in [0.29, 0.717) is 17.9 Å². The number of carboxylic acids is 1. The molecule has 0 radical (unpaired) electrons. The van der Waals surface area contributed by atoms with Crippen molar-refractivity contribution >= 4 is 17.6 Å². The van der Waals surface area contributed by atoms with Crippen molar-refractivity contribution in [2.45, 2.75) is 19.8 Å². The van der Waals surface area contributed by atoms with E-state index < -0.39 is 5.97 Å². The third kappa shape index (κ3) is 5.29. The fraction of sp³-hybridized carbons (Fsp3) is 0.417. The van der Waals surface area contributed by atoms with E-state index in [2.05, 4.69) is 10.3 Å². The SMILES string of the molecule is CC(CNC(=O)Cc1ccc(N)cn1)CC(=O)O. The second kappa shape index (κ2) is 6.58. The summed E-state index contributed by atoms with van der Waals surface area (Å²) in [5.74, 6) is -1.13. The highest BCUT2D eigenvalue weighted by molar-refractivity contribution is 5.78. The predicted octanol–water partition coefficient (Wildman–Crippen LogP) is 0.433. The van der Waals surface area contributed by atoms with Crippen LogP contribution in [0.5, 0.6) is 0 Å². The zero-order chi connectivity index (χ0) is 13.5. The van der Waals surface area contributed by atoms with Crippen LogP contribution in [-0.4, -0.2) is 28.5 Å². The zero-order valence-electron chi connectivity index (χ0n) is 10.2. The number of nitrogen functional groups attached to an aromatic ring is 1. The molecule has 6 nitrogen and oxygen atoms in total. The number of hydrogen-bond acceptors (Lipinski definition) is 4. The molecule has 1 aromatic heterocycles. The van der Waals surface area contributed by atoms with Crippen LogP contribution in [-0.2, 0) is 16.0 Å². The Kier molecular flexibility index (Phi) is 5.10. The topological polar surface area (TPSA) is 105 Å². The molecular weight excluding hydrogens is 234 g/mol. The monoisotopic (exact) mass is 251 g/mol. The minimum Gasteiger partial charge on any atom is -0.481 e. The summed E-state index contributed by atoms with van der Waals surface area (Å²) in [6.45, 7) is 2.12. The summed E-state index contributed by atoms with van der Waals surface area (Å²) in [7, 11) is 0. The zero-order valence-corrected chi connectivity index (χ0v) is 10.2. The molecule has 0 spiro atoms. The molecule has 1 unspecified atom stereocenters. The van der Waals surface area contributed by atoms with Gasteiger partial charge >= 0.3 is 5.97 Å². The summed E-state index contributed by atoms with van der Waals surface area (Å²) >= 11 is 0. The third-order valence-electron chi connectivity index (χ3n) is 2.36. The van der Waals surface area contributed by atoms with Gasteiger partial charge in [-0.05, 0) is 18.1 Å². The Labute approximate surface area is 105 Å². The molecule has 0 aliphatic carbocycles. The Morgan fingerprint density at radius 2 is 2.22 bits per heavy atom. The van der Waals surface area contributed by atoms with Gasteiger partial charge in [0.05, 0.1) is 18.3 Å². The maximum atomic E-state index is 11.6. The Bertz CT molecular complexity index is 417. The highest BCUT2D eigenvalue weighted by atomic mass is 16.4. The first-order valence-electron chi connectivity index (χ1n) is 5.66. The van der Waals surface area contributed by atoms with Crippen LogP contribution in [0.25, 0.3) is 0 Å². The first-order chi connectivity index (χ1) is 8.47. The van der Waals surface area contributed by atoms with Gasteiger partial charge in [-0.25, -0.2) is 0 Å². The largest absolute Gasteiger partial charge is 0.481 e. The molecule has 1 aromatic rings. The van der Waals surface area contributed by atoms with Crippen LogP contribution in [0.4, 0.5) is 5.69 Å². The molecule has 1 rings (SSSR count). The smallest absolute Gasteiger partial charge is 0.303 e. The van der Waals surface area contributed by atoms with E-state index >= 15 is 0 Å². The number of carbonyl (C=O) groups excluding carboxylic acids is 1. The number of aliphatic carboxylic acids is 1. The first kappa shape index (κ1) is 14.0. The number of nitrogens with two attached hydrogens (primary N) is 1. The van der Waals surface area contributed by atoms with E-state index in [1.54, 1.807) is 19.1 Å². The molecule has 0 aliphatic rings. The number of rotatable bonds is 6. The van der Waals surface area contributed by atoms with Crippen LogP contribution < -0.4 is 11.1 Å². The Morgan fingerprint density at radius 1 is 1.50 bits per heavy atom. The van der Waals surface area contributed by atoms with Crippen LogP contribution in [0, 0.1) is 5.92 Å². The predicted molar refractivity (Wildman–Crippen MR) is 66.8 cm³/mol. The van der Waals surface area contributed by atoms with Crippen LogP contribution in [0.1, 0.15) is 19.0 Å². The first-order valence-corrected chi connectivity index (χ1v) is 5.66. The van der Waals surface area contributed by atoms with Crippen molar-refractivity contribution in [3.05, 3.63) is 24.0 Å². The number of hydrogen-bond donors (Lipinski definition) is 3. The lowest BCUT2D eigenvalue weighted by Gasteiger charge is -2.10. The van der Waals surface area contributed by atoms with Crippen molar-refractivity contribution in [1.82, 2.24) is 10.3 Å². The highest BCUT2D eigenvalue weighted by Crippen LogP contribution is 2.03. The van der Waals surface area contributed by atoms with E-state index in [1.165, 1.54) is 6.20 Å². The summed E-state index contributed by atoms with van der Waals surface area (Å²) < 4.78 is 0. The summed E-state index contributed by atoms with van der Waals surface area (Å²) in [5.41, 5.74) is 6.67. The van der Waals surface area contributed by atoms with Gasteiger partial charge in [0.25, 0.3) is 0 Å². The van der Waals surface area contributed by atoms with Crippen LogP contribution in [0.3, 0.4) is 0 Å². The van der Waals surface area contributed by atoms with Crippen LogP contribution in [0.15, 0.2) is 18.3 Å². The van der Waals surface area contributed by atoms with E-state index in [1.807, 2.05) is 0 Å². The van der Waals surface area contributed by atoms with Gasteiger partial charge in [0.1, 0.15) is 0 Å². The fourth-order valence-electron chi connectivity index (χ4n) is 1.43. The van der Waals surface area contributed by atoms with E-state index in [-0.39, 0.29) is 24.7 Å². The van der Waals surface area contributed by atoms with Crippen LogP contribution in [0.2, 0.25) is 0 Å². The van der Waals surface area contributed by atoms with Gasteiger partial charge in [0.15, 0.2) is 0 Å². The minimum atomic E-state index is -0.864. The van der Waals surface area contributed by atoms with Crippen molar-refractivity contribution in [1.29, 1.82) is 0 Å². The Balaban J connectivity index is 2.33. The molecule has 98 valence electrons. The summed E-state index contributed by atoms with van der Waals surface area (Å²) in [6, 6.07) is 3.37. The average Bonchev–Trinajstić information content (AvgIpc) is 2.29. The van der Waals surface area contributed by atoms with Gasteiger partial charge in [-0.1, -0.05) is 6.92 Å². The van der Waals surface area contributed by atoms with Gasteiger partial charge in [-0.15, -0.1) is 0 Å². The maximum Gasteiger partial charge on any atom is 0.303 e. The van der Waals surface area contributed by atoms with Crippen molar-refractivity contribution in [3.63, 3.8) is 0 Å². The number of nitrogens with zero attached hydrogens (tertiary/aromatic N) is 1. The minimum absolute atomic E-state index is 0.0421. The molecule has 4 N–H and O–H groups in total. The lowest BCUT2D eigenvalue weighted by atomic mass is 10.1. The molecule has 0 saturated heterocycles. The van der Waals surface area contributed by atoms with Crippen molar-refractivity contribution in [3.8, 4) is 0 Å². The lowest BCUT2D eigenvalue weighted by Crippen LogP contribution is -2.30. The van der Waals surface area contributed by atoms with E-state index in [9.17, 15) is 9.59 Å². The summed E-state index contributed by atoms with van der Waals surface area (Å²) in [6.07, 6.45) is 1.70. The van der Waals surface area contributed by atoms with Crippen molar-refractivity contribution in [2.75, 3.05) is 12.3 Å². The summed E-state index contributed by atoms with van der Waals surface area (Å²) in [4.78, 5) is 26.0. The van der Waals surface area contributed by atoms with Gasteiger partial charge < -0.3 is 16.2 Å². The molecule has 0 aliphatic heterocycles. The number of anilines is 1. The number of pyridine rings is 1. The number of nitrogens with one attached hydrogen (secondary N) is 1. The second-order valence-electron chi connectivity index (χ2n) is 4.27. The molecular formula is C12H17N3O3. The van der Waals surface area contributed by atoms with E-state index in [0.717, 1.165) is 0 Å². The molecule has 6 heteroatoms. The fourth-order valence-corrected chi connectivity index (χ4v) is 1.43. The molecule has 1 atom stereocenters. The number of aromatic nitrogens is 1.